The molecule has 3 aromatic heterocycles. The molecule has 2 fully saturated rings. The summed E-state index contributed by atoms with van der Waals surface area (Å²) < 4.78 is 21.9. The summed E-state index contributed by atoms with van der Waals surface area (Å²) in [4.78, 5) is 30.0. The molecule has 1 aliphatic heterocycles. The number of anilines is 3. The van der Waals surface area contributed by atoms with Gasteiger partial charge < -0.3 is 25.3 Å². The van der Waals surface area contributed by atoms with Gasteiger partial charge in [0, 0.05) is 19.3 Å². The third-order valence-electron chi connectivity index (χ3n) is 5.73. The summed E-state index contributed by atoms with van der Waals surface area (Å²) in [7, 11) is 1.72. The lowest BCUT2D eigenvalue weighted by molar-refractivity contribution is -0.0247. The van der Waals surface area contributed by atoms with Crippen molar-refractivity contribution in [1.82, 2.24) is 24.5 Å². The molecule has 0 aromatic carbocycles. The van der Waals surface area contributed by atoms with Gasteiger partial charge in [0.1, 0.15) is 29.1 Å². The molecule has 0 spiro atoms. The summed E-state index contributed by atoms with van der Waals surface area (Å²) in [5.74, 6) is 0.515. The normalized spacial score (nSPS) is 20.7. The van der Waals surface area contributed by atoms with Crippen molar-refractivity contribution in [3.05, 3.63) is 46.5 Å². The average Bonchev–Trinajstić information content (AvgIpc) is 3.16. The lowest BCUT2D eigenvalue weighted by Crippen LogP contribution is -2.48. The van der Waals surface area contributed by atoms with E-state index in [4.69, 9.17) is 4.74 Å². The SMILES string of the molecule is CNc1cc(Nc2cccn(C3COC3)c2=O)nc2c(C(=O)N[C@H]3CC[C@@H]3F)cnn12. The zero-order valence-electron chi connectivity index (χ0n) is 16.8. The first-order valence-corrected chi connectivity index (χ1v) is 10.1. The van der Waals surface area contributed by atoms with E-state index in [0.717, 1.165) is 0 Å². The van der Waals surface area contributed by atoms with Crippen LogP contribution in [0.25, 0.3) is 5.65 Å². The summed E-state index contributed by atoms with van der Waals surface area (Å²) >= 11 is 0. The van der Waals surface area contributed by atoms with Crippen LogP contribution in [0.2, 0.25) is 0 Å². The summed E-state index contributed by atoms with van der Waals surface area (Å²) in [6.07, 6.45) is 3.18. The van der Waals surface area contributed by atoms with Crippen molar-refractivity contribution in [2.24, 2.45) is 0 Å². The molecular formula is C20H22FN7O3. The van der Waals surface area contributed by atoms with Crippen LogP contribution in [0.3, 0.4) is 0 Å². The average molecular weight is 427 g/mol. The number of alkyl halides is 1. The topological polar surface area (TPSA) is 115 Å². The van der Waals surface area contributed by atoms with Crippen molar-refractivity contribution < 1.29 is 13.9 Å². The number of halogens is 1. The molecule has 31 heavy (non-hydrogen) atoms. The van der Waals surface area contributed by atoms with E-state index in [0.29, 0.717) is 49.0 Å². The van der Waals surface area contributed by atoms with E-state index >= 15 is 0 Å². The Balaban J connectivity index is 1.48. The number of fused-ring (bicyclic) bond motifs is 1. The van der Waals surface area contributed by atoms with Gasteiger partial charge in [-0.1, -0.05) is 0 Å². The quantitative estimate of drug-likeness (QED) is 0.546. The van der Waals surface area contributed by atoms with Crippen LogP contribution >= 0.6 is 0 Å². The molecule has 0 bridgehead atoms. The minimum Gasteiger partial charge on any atom is -0.377 e. The fourth-order valence-corrected chi connectivity index (χ4v) is 3.65. The van der Waals surface area contributed by atoms with Crippen molar-refractivity contribution >= 4 is 28.9 Å². The van der Waals surface area contributed by atoms with Gasteiger partial charge in [0.2, 0.25) is 0 Å². The lowest BCUT2D eigenvalue weighted by atomic mass is 9.90. The molecule has 1 amide bonds. The molecule has 2 aliphatic rings. The van der Waals surface area contributed by atoms with E-state index in [1.165, 1.54) is 10.7 Å². The van der Waals surface area contributed by atoms with Crippen LogP contribution in [0.5, 0.6) is 0 Å². The fourth-order valence-electron chi connectivity index (χ4n) is 3.65. The number of nitrogens with one attached hydrogen (secondary N) is 3. The Labute approximate surface area is 176 Å². The second kappa shape index (κ2) is 7.65. The maximum absolute atomic E-state index is 13.6. The maximum Gasteiger partial charge on any atom is 0.274 e. The lowest BCUT2D eigenvalue weighted by Gasteiger charge is -2.30. The number of rotatable bonds is 6. The van der Waals surface area contributed by atoms with E-state index in [9.17, 15) is 14.0 Å². The number of ether oxygens (including phenoxy) is 1. The van der Waals surface area contributed by atoms with Crippen molar-refractivity contribution in [2.75, 3.05) is 30.9 Å². The Bertz CT molecular complexity index is 1200. The Hall–Kier alpha value is -3.47. The zero-order valence-corrected chi connectivity index (χ0v) is 16.8. The molecule has 0 unspecified atom stereocenters. The second-order valence-electron chi connectivity index (χ2n) is 7.69. The summed E-state index contributed by atoms with van der Waals surface area (Å²) in [5, 5.41) is 13.0. The number of aromatic nitrogens is 4. The molecule has 1 aliphatic carbocycles. The van der Waals surface area contributed by atoms with Gasteiger partial charge in [-0.2, -0.15) is 9.61 Å². The molecular weight excluding hydrogens is 405 g/mol. The number of pyridine rings is 1. The van der Waals surface area contributed by atoms with Gasteiger partial charge >= 0.3 is 0 Å². The van der Waals surface area contributed by atoms with Gasteiger partial charge in [0.25, 0.3) is 11.5 Å². The van der Waals surface area contributed by atoms with Crippen LogP contribution < -0.4 is 21.5 Å². The largest absolute Gasteiger partial charge is 0.377 e. The van der Waals surface area contributed by atoms with Crippen molar-refractivity contribution in [3.8, 4) is 0 Å². The molecule has 2 atom stereocenters. The van der Waals surface area contributed by atoms with E-state index in [2.05, 4.69) is 26.0 Å². The van der Waals surface area contributed by atoms with E-state index in [-0.39, 0.29) is 17.2 Å². The van der Waals surface area contributed by atoms with Crippen molar-refractivity contribution in [2.45, 2.75) is 31.1 Å². The maximum atomic E-state index is 13.6. The third-order valence-corrected chi connectivity index (χ3v) is 5.73. The number of carbonyl (C=O) groups is 1. The predicted octanol–water partition coefficient (Wildman–Crippen LogP) is 1.48. The number of nitrogens with zero attached hydrogens (tertiary/aromatic N) is 4. The summed E-state index contributed by atoms with van der Waals surface area (Å²) in [6.45, 7) is 1.01. The van der Waals surface area contributed by atoms with E-state index in [1.807, 2.05) is 0 Å². The first-order chi connectivity index (χ1) is 15.0. The Kier molecular flexibility index (Phi) is 4.81. The smallest absolute Gasteiger partial charge is 0.274 e. The highest BCUT2D eigenvalue weighted by Gasteiger charge is 2.33. The number of amides is 1. The number of hydrogen-bond acceptors (Lipinski definition) is 7. The highest BCUT2D eigenvalue weighted by atomic mass is 19.1. The molecule has 4 heterocycles. The molecule has 11 heteroatoms. The number of hydrogen-bond donors (Lipinski definition) is 3. The number of carbonyl (C=O) groups excluding carboxylic acids is 1. The van der Waals surface area contributed by atoms with Gasteiger partial charge in [0.15, 0.2) is 5.65 Å². The molecule has 0 radical (unpaired) electrons. The molecule has 162 valence electrons. The van der Waals surface area contributed by atoms with Crippen LogP contribution in [0.15, 0.2) is 35.4 Å². The molecule has 3 N–H and O–H groups in total. The first-order valence-electron chi connectivity index (χ1n) is 10.1. The van der Waals surface area contributed by atoms with Gasteiger partial charge in [-0.05, 0) is 25.0 Å². The monoisotopic (exact) mass is 427 g/mol. The highest BCUT2D eigenvalue weighted by Crippen LogP contribution is 2.25. The van der Waals surface area contributed by atoms with Gasteiger partial charge in [0.05, 0.1) is 31.5 Å². The standard InChI is InChI=1S/C20H22FN7O3/c1-22-17-7-16(24-15-3-2-6-27(20(15)30)11-9-31-10-11)26-18-12(8-23-28(17)18)19(29)25-14-5-4-13(14)21/h2-3,6-8,11,13-14,22H,4-5,9-10H2,1H3,(H,24,26)(H,25,29)/t13-,14-/m0/s1. The van der Waals surface area contributed by atoms with Gasteiger partial charge in [-0.15, -0.1) is 0 Å². The second-order valence-corrected chi connectivity index (χ2v) is 7.69. The molecule has 10 nitrogen and oxygen atoms in total. The predicted molar refractivity (Wildman–Crippen MR) is 112 cm³/mol. The summed E-state index contributed by atoms with van der Waals surface area (Å²) in [5.41, 5.74) is 0.698. The Morgan fingerprint density at radius 1 is 1.32 bits per heavy atom. The van der Waals surface area contributed by atoms with Crippen molar-refractivity contribution in [1.29, 1.82) is 0 Å². The van der Waals surface area contributed by atoms with Crippen LogP contribution in [0, 0.1) is 0 Å². The van der Waals surface area contributed by atoms with Crippen LogP contribution in [-0.2, 0) is 4.74 Å². The van der Waals surface area contributed by atoms with Crippen LogP contribution in [0.4, 0.5) is 21.7 Å². The summed E-state index contributed by atoms with van der Waals surface area (Å²) in [6, 6.07) is 4.68. The minimum absolute atomic E-state index is 0.0218. The minimum atomic E-state index is -1.02. The zero-order chi connectivity index (χ0) is 21.5. The third kappa shape index (κ3) is 3.40. The van der Waals surface area contributed by atoms with Crippen LogP contribution in [-0.4, -0.2) is 57.5 Å². The molecule has 1 saturated heterocycles. The molecule has 1 saturated carbocycles. The van der Waals surface area contributed by atoms with Gasteiger partial charge in [-0.3, -0.25) is 9.59 Å². The Morgan fingerprint density at radius 3 is 2.81 bits per heavy atom. The van der Waals surface area contributed by atoms with E-state index < -0.39 is 18.1 Å². The first kappa shape index (κ1) is 19.5. The van der Waals surface area contributed by atoms with Crippen LogP contribution in [0.1, 0.15) is 29.2 Å². The fraction of sp³-hybridized carbons (Fsp3) is 0.400. The molecule has 3 aromatic rings. The Morgan fingerprint density at radius 2 is 2.16 bits per heavy atom. The van der Waals surface area contributed by atoms with Gasteiger partial charge in [-0.25, -0.2) is 9.37 Å². The highest BCUT2D eigenvalue weighted by molar-refractivity contribution is 6.00. The van der Waals surface area contributed by atoms with E-state index in [1.54, 1.807) is 36.0 Å². The van der Waals surface area contributed by atoms with Crippen molar-refractivity contribution in [3.63, 3.8) is 0 Å². The molecule has 5 rings (SSSR count).